The van der Waals surface area contributed by atoms with E-state index >= 15 is 0 Å². The summed E-state index contributed by atoms with van der Waals surface area (Å²) in [6, 6.07) is 11.8. The Morgan fingerprint density at radius 1 is 1.16 bits per heavy atom. The SMILES string of the molecule is O=C(NCCCc1ccccc1)Nc1cc(N2CCOCC2)ncn1. The van der Waals surface area contributed by atoms with Crippen LogP contribution < -0.4 is 15.5 Å². The van der Waals surface area contributed by atoms with Gasteiger partial charge >= 0.3 is 6.03 Å². The number of aromatic nitrogens is 2. The molecule has 0 radical (unpaired) electrons. The largest absolute Gasteiger partial charge is 0.378 e. The number of rotatable bonds is 6. The molecule has 1 saturated heterocycles. The summed E-state index contributed by atoms with van der Waals surface area (Å²) in [5.41, 5.74) is 1.27. The Kier molecular flexibility index (Phi) is 6.17. The second-order valence-corrected chi connectivity index (χ2v) is 5.83. The first-order chi connectivity index (χ1) is 12.3. The molecule has 25 heavy (non-hydrogen) atoms. The Labute approximate surface area is 147 Å². The van der Waals surface area contributed by atoms with Crippen LogP contribution >= 0.6 is 0 Å². The average molecular weight is 341 g/mol. The van der Waals surface area contributed by atoms with Gasteiger partial charge < -0.3 is 15.0 Å². The number of amides is 2. The number of anilines is 2. The highest BCUT2D eigenvalue weighted by Gasteiger charge is 2.13. The van der Waals surface area contributed by atoms with Gasteiger partial charge in [0.25, 0.3) is 0 Å². The predicted octanol–water partition coefficient (Wildman–Crippen LogP) is 2.07. The molecule has 0 saturated carbocycles. The van der Waals surface area contributed by atoms with Crippen molar-refractivity contribution in [1.29, 1.82) is 0 Å². The highest BCUT2D eigenvalue weighted by atomic mass is 16.5. The van der Waals surface area contributed by atoms with Gasteiger partial charge in [-0.25, -0.2) is 14.8 Å². The summed E-state index contributed by atoms with van der Waals surface area (Å²) >= 11 is 0. The van der Waals surface area contributed by atoms with Gasteiger partial charge in [0.15, 0.2) is 0 Å². The fraction of sp³-hybridized carbons (Fsp3) is 0.389. The minimum Gasteiger partial charge on any atom is -0.378 e. The number of hydrogen-bond acceptors (Lipinski definition) is 5. The van der Waals surface area contributed by atoms with Crippen molar-refractivity contribution < 1.29 is 9.53 Å². The van der Waals surface area contributed by atoms with Crippen LogP contribution in [0.2, 0.25) is 0 Å². The van der Waals surface area contributed by atoms with E-state index in [9.17, 15) is 4.79 Å². The van der Waals surface area contributed by atoms with E-state index in [2.05, 4.69) is 37.6 Å². The smallest absolute Gasteiger partial charge is 0.320 e. The quantitative estimate of drug-likeness (QED) is 0.786. The van der Waals surface area contributed by atoms with Crippen molar-refractivity contribution >= 4 is 17.7 Å². The molecule has 132 valence electrons. The summed E-state index contributed by atoms with van der Waals surface area (Å²) in [6.45, 7) is 3.58. The second kappa shape index (κ2) is 8.98. The number of ether oxygens (including phenoxy) is 1. The van der Waals surface area contributed by atoms with Crippen molar-refractivity contribution in [2.24, 2.45) is 0 Å². The van der Waals surface area contributed by atoms with Crippen molar-refractivity contribution in [1.82, 2.24) is 15.3 Å². The molecule has 0 spiro atoms. The third-order valence-corrected chi connectivity index (χ3v) is 4.00. The van der Waals surface area contributed by atoms with Crippen LogP contribution in [0.1, 0.15) is 12.0 Å². The van der Waals surface area contributed by atoms with E-state index in [1.54, 1.807) is 6.07 Å². The Hall–Kier alpha value is -2.67. The number of hydrogen-bond donors (Lipinski definition) is 2. The van der Waals surface area contributed by atoms with Crippen LogP contribution in [-0.2, 0) is 11.2 Å². The highest BCUT2D eigenvalue weighted by Crippen LogP contribution is 2.15. The molecule has 3 rings (SSSR count). The Morgan fingerprint density at radius 3 is 2.76 bits per heavy atom. The molecular weight excluding hydrogens is 318 g/mol. The number of nitrogens with one attached hydrogen (secondary N) is 2. The van der Waals surface area contributed by atoms with E-state index in [4.69, 9.17) is 4.74 Å². The van der Waals surface area contributed by atoms with E-state index in [1.165, 1.54) is 11.9 Å². The van der Waals surface area contributed by atoms with Crippen LogP contribution in [0.3, 0.4) is 0 Å². The van der Waals surface area contributed by atoms with Gasteiger partial charge in [-0.1, -0.05) is 30.3 Å². The number of benzene rings is 1. The number of nitrogens with zero attached hydrogens (tertiary/aromatic N) is 3. The maximum atomic E-state index is 12.0. The molecule has 7 nitrogen and oxygen atoms in total. The third-order valence-electron chi connectivity index (χ3n) is 4.00. The minimum atomic E-state index is -0.250. The van der Waals surface area contributed by atoms with Gasteiger partial charge in [-0.3, -0.25) is 5.32 Å². The Bertz CT molecular complexity index is 674. The van der Waals surface area contributed by atoms with E-state index in [-0.39, 0.29) is 6.03 Å². The first-order valence-corrected chi connectivity index (χ1v) is 8.55. The van der Waals surface area contributed by atoms with Gasteiger partial charge in [0.2, 0.25) is 0 Å². The van der Waals surface area contributed by atoms with Gasteiger partial charge in [-0.15, -0.1) is 0 Å². The normalized spacial score (nSPS) is 14.2. The zero-order valence-electron chi connectivity index (χ0n) is 14.1. The topological polar surface area (TPSA) is 79.4 Å². The summed E-state index contributed by atoms with van der Waals surface area (Å²) in [7, 11) is 0. The van der Waals surface area contributed by atoms with Crippen LogP contribution in [0, 0.1) is 0 Å². The molecule has 2 heterocycles. The predicted molar refractivity (Wildman–Crippen MR) is 96.8 cm³/mol. The third kappa shape index (κ3) is 5.42. The molecule has 1 aromatic heterocycles. The fourth-order valence-electron chi connectivity index (χ4n) is 2.68. The van der Waals surface area contributed by atoms with Crippen molar-refractivity contribution in [3.05, 3.63) is 48.3 Å². The van der Waals surface area contributed by atoms with Crippen LogP contribution in [0.25, 0.3) is 0 Å². The standard InChI is InChI=1S/C18H23N5O2/c24-18(19-8-4-7-15-5-2-1-3-6-15)22-16-13-17(21-14-20-16)23-9-11-25-12-10-23/h1-3,5-6,13-14H,4,7-12H2,(H2,19,20,21,22,24). The molecule has 0 aliphatic carbocycles. The number of carbonyl (C=O) groups excluding carboxylic acids is 1. The molecule has 0 unspecified atom stereocenters. The first kappa shape index (κ1) is 17.2. The van der Waals surface area contributed by atoms with Gasteiger partial charge in [0, 0.05) is 25.7 Å². The maximum absolute atomic E-state index is 12.0. The summed E-state index contributed by atoms with van der Waals surface area (Å²) < 4.78 is 5.34. The van der Waals surface area contributed by atoms with Gasteiger partial charge in [-0.05, 0) is 18.4 Å². The lowest BCUT2D eigenvalue weighted by molar-refractivity contribution is 0.122. The summed E-state index contributed by atoms with van der Waals surface area (Å²) in [5, 5.41) is 5.62. The monoisotopic (exact) mass is 341 g/mol. The molecule has 0 atom stereocenters. The van der Waals surface area contributed by atoms with Crippen molar-refractivity contribution in [3.63, 3.8) is 0 Å². The maximum Gasteiger partial charge on any atom is 0.320 e. The van der Waals surface area contributed by atoms with Crippen molar-refractivity contribution in [2.45, 2.75) is 12.8 Å². The van der Waals surface area contributed by atoms with Crippen LogP contribution in [0.5, 0.6) is 0 Å². The number of urea groups is 1. The zero-order chi connectivity index (χ0) is 17.3. The molecule has 2 amide bonds. The first-order valence-electron chi connectivity index (χ1n) is 8.55. The van der Waals surface area contributed by atoms with Crippen molar-refractivity contribution in [2.75, 3.05) is 43.1 Å². The molecule has 2 aromatic rings. The van der Waals surface area contributed by atoms with Crippen LogP contribution in [-0.4, -0.2) is 48.8 Å². The highest BCUT2D eigenvalue weighted by molar-refractivity contribution is 5.88. The van der Waals surface area contributed by atoms with Gasteiger partial charge in [-0.2, -0.15) is 0 Å². The number of carbonyl (C=O) groups is 1. The van der Waals surface area contributed by atoms with Gasteiger partial charge in [0.05, 0.1) is 13.2 Å². The zero-order valence-corrected chi connectivity index (χ0v) is 14.1. The molecule has 1 aromatic carbocycles. The lowest BCUT2D eigenvalue weighted by Gasteiger charge is -2.27. The molecule has 1 aliphatic rings. The molecule has 1 aliphatic heterocycles. The number of morpholine rings is 1. The molecule has 7 heteroatoms. The van der Waals surface area contributed by atoms with E-state index in [0.717, 1.165) is 31.7 Å². The Balaban J connectivity index is 1.43. The molecule has 0 bridgehead atoms. The summed E-state index contributed by atoms with van der Waals surface area (Å²) in [6.07, 6.45) is 3.30. The summed E-state index contributed by atoms with van der Waals surface area (Å²) in [4.78, 5) is 22.5. The lowest BCUT2D eigenvalue weighted by Crippen LogP contribution is -2.37. The van der Waals surface area contributed by atoms with Gasteiger partial charge in [0.1, 0.15) is 18.0 Å². The Morgan fingerprint density at radius 2 is 1.96 bits per heavy atom. The van der Waals surface area contributed by atoms with E-state index < -0.39 is 0 Å². The lowest BCUT2D eigenvalue weighted by atomic mass is 10.1. The van der Waals surface area contributed by atoms with Crippen LogP contribution in [0.4, 0.5) is 16.4 Å². The second-order valence-electron chi connectivity index (χ2n) is 5.83. The molecule has 1 fully saturated rings. The van der Waals surface area contributed by atoms with Crippen molar-refractivity contribution in [3.8, 4) is 0 Å². The fourth-order valence-corrected chi connectivity index (χ4v) is 2.68. The minimum absolute atomic E-state index is 0.250. The van der Waals surface area contributed by atoms with E-state index in [0.29, 0.717) is 25.6 Å². The number of aryl methyl sites for hydroxylation is 1. The van der Waals surface area contributed by atoms with Crippen LogP contribution in [0.15, 0.2) is 42.7 Å². The summed E-state index contributed by atoms with van der Waals surface area (Å²) in [5.74, 6) is 1.30. The van der Waals surface area contributed by atoms with E-state index in [1.807, 2.05) is 18.2 Å². The molecular formula is C18H23N5O2. The average Bonchev–Trinajstić information content (AvgIpc) is 2.67. The molecule has 2 N–H and O–H groups in total.